The first-order valence-corrected chi connectivity index (χ1v) is 7.05. The molecule has 5 nitrogen and oxygen atoms in total. The van der Waals surface area contributed by atoms with Crippen LogP contribution in [0.4, 0.5) is 0 Å². The van der Waals surface area contributed by atoms with Gasteiger partial charge in [-0.2, -0.15) is 0 Å². The molecule has 0 saturated heterocycles. The van der Waals surface area contributed by atoms with Gasteiger partial charge >= 0.3 is 0 Å². The van der Waals surface area contributed by atoms with E-state index in [2.05, 4.69) is 5.43 Å². The van der Waals surface area contributed by atoms with Gasteiger partial charge in [-0.3, -0.25) is 4.99 Å². The van der Waals surface area contributed by atoms with Crippen LogP contribution in [0.3, 0.4) is 0 Å². The summed E-state index contributed by atoms with van der Waals surface area (Å²) in [6.07, 6.45) is 6.08. The number of aliphatic imine (C=N–C) groups is 1. The molecule has 0 spiro atoms. The molecule has 1 aromatic rings. The molecule has 3 N–H and O–H groups in total. The minimum absolute atomic E-state index is 0.364. The molecule has 5 heteroatoms. The smallest absolute Gasteiger partial charge is 0.161 e. The maximum Gasteiger partial charge on any atom is 0.161 e. The molecule has 2 rings (SSSR count). The molecule has 0 bridgehead atoms. The van der Waals surface area contributed by atoms with Crippen LogP contribution in [0.2, 0.25) is 0 Å². The summed E-state index contributed by atoms with van der Waals surface area (Å²) in [5, 5.41) is 0. The number of hydrogen-bond donors (Lipinski definition) is 2. The number of nitrogens with two attached hydrogens (primary N) is 1. The van der Waals surface area contributed by atoms with Crippen LogP contribution in [0.5, 0.6) is 11.5 Å². The van der Waals surface area contributed by atoms with Gasteiger partial charge in [-0.25, -0.2) is 5.84 Å². The first-order valence-electron chi connectivity index (χ1n) is 7.05. The fourth-order valence-corrected chi connectivity index (χ4v) is 2.57. The molecule has 1 fully saturated rings. The molecular weight excluding hydrogens is 254 g/mol. The number of methoxy groups -OCH3 is 2. The quantitative estimate of drug-likeness (QED) is 0.383. The van der Waals surface area contributed by atoms with Gasteiger partial charge in [0.15, 0.2) is 11.5 Å². The van der Waals surface area contributed by atoms with Gasteiger partial charge in [0.05, 0.1) is 20.3 Å². The Morgan fingerprint density at radius 2 is 1.85 bits per heavy atom. The highest BCUT2D eigenvalue weighted by Crippen LogP contribution is 2.28. The van der Waals surface area contributed by atoms with Gasteiger partial charge in [-0.1, -0.05) is 19.3 Å². The van der Waals surface area contributed by atoms with Crippen LogP contribution in [0.1, 0.15) is 37.7 Å². The van der Waals surface area contributed by atoms with Gasteiger partial charge in [0.1, 0.15) is 5.84 Å². The van der Waals surface area contributed by atoms with Crippen molar-refractivity contribution in [3.63, 3.8) is 0 Å². The molecule has 1 aliphatic carbocycles. The van der Waals surface area contributed by atoms with Crippen LogP contribution in [0, 0.1) is 0 Å². The topological polar surface area (TPSA) is 68.9 Å². The van der Waals surface area contributed by atoms with Crippen molar-refractivity contribution in [1.29, 1.82) is 0 Å². The van der Waals surface area contributed by atoms with Crippen molar-refractivity contribution in [3.8, 4) is 11.5 Å². The van der Waals surface area contributed by atoms with E-state index in [1.165, 1.54) is 19.3 Å². The van der Waals surface area contributed by atoms with Crippen molar-refractivity contribution in [2.75, 3.05) is 14.2 Å². The predicted molar refractivity (Wildman–Crippen MR) is 80.3 cm³/mol. The third-order valence-electron chi connectivity index (χ3n) is 3.68. The van der Waals surface area contributed by atoms with Crippen molar-refractivity contribution < 1.29 is 9.47 Å². The number of amidine groups is 1. The van der Waals surface area contributed by atoms with E-state index in [4.69, 9.17) is 20.3 Å². The Kier molecular flexibility index (Phi) is 5.24. The zero-order valence-corrected chi connectivity index (χ0v) is 12.2. The van der Waals surface area contributed by atoms with Gasteiger partial charge in [-0.15, -0.1) is 0 Å². The molecule has 1 aliphatic rings. The van der Waals surface area contributed by atoms with Crippen molar-refractivity contribution in [1.82, 2.24) is 5.43 Å². The highest BCUT2D eigenvalue weighted by Gasteiger charge is 2.14. The lowest BCUT2D eigenvalue weighted by Gasteiger charge is -2.19. The molecule has 0 atom stereocenters. The molecule has 0 aliphatic heterocycles. The standard InChI is InChI=1S/C15H23N3O2/c1-19-13-9-8-11(10-14(13)20-2)15(18-16)17-12-6-4-3-5-7-12/h8-10,12H,3-7,16H2,1-2H3,(H,17,18). The summed E-state index contributed by atoms with van der Waals surface area (Å²) in [6.45, 7) is 0. The van der Waals surface area contributed by atoms with Crippen LogP contribution in [-0.4, -0.2) is 26.1 Å². The molecule has 1 aromatic carbocycles. The Bertz CT molecular complexity index is 468. The van der Waals surface area contributed by atoms with E-state index in [0.29, 0.717) is 23.4 Å². The van der Waals surface area contributed by atoms with Gasteiger partial charge in [-0.05, 0) is 31.0 Å². The summed E-state index contributed by atoms with van der Waals surface area (Å²) in [4.78, 5) is 4.74. The van der Waals surface area contributed by atoms with Crippen LogP contribution in [0.25, 0.3) is 0 Å². The summed E-state index contributed by atoms with van der Waals surface area (Å²) >= 11 is 0. The number of rotatable bonds is 4. The minimum Gasteiger partial charge on any atom is -0.493 e. The van der Waals surface area contributed by atoms with Gasteiger partial charge in [0.25, 0.3) is 0 Å². The predicted octanol–water partition coefficient (Wildman–Crippen LogP) is 2.25. The number of hydrogen-bond acceptors (Lipinski definition) is 4. The molecule has 20 heavy (non-hydrogen) atoms. The molecule has 1 saturated carbocycles. The molecule has 0 radical (unpaired) electrons. The number of benzene rings is 1. The van der Waals surface area contributed by atoms with E-state index in [-0.39, 0.29) is 0 Å². The Balaban J connectivity index is 2.24. The molecule has 0 aromatic heterocycles. The number of nitrogens with zero attached hydrogens (tertiary/aromatic N) is 1. The van der Waals surface area contributed by atoms with Crippen LogP contribution in [-0.2, 0) is 0 Å². The maximum atomic E-state index is 5.63. The third kappa shape index (κ3) is 3.42. The van der Waals surface area contributed by atoms with E-state index in [1.807, 2.05) is 18.2 Å². The average Bonchev–Trinajstić information content (AvgIpc) is 2.53. The maximum absolute atomic E-state index is 5.63. The average molecular weight is 277 g/mol. The van der Waals surface area contributed by atoms with E-state index in [1.54, 1.807) is 14.2 Å². The number of nitrogens with one attached hydrogen (secondary N) is 1. The van der Waals surface area contributed by atoms with E-state index >= 15 is 0 Å². The first-order chi connectivity index (χ1) is 9.78. The largest absolute Gasteiger partial charge is 0.493 e. The van der Waals surface area contributed by atoms with Gasteiger partial charge < -0.3 is 14.9 Å². The fraction of sp³-hybridized carbons (Fsp3) is 0.533. The van der Waals surface area contributed by atoms with Crippen LogP contribution >= 0.6 is 0 Å². The highest BCUT2D eigenvalue weighted by atomic mass is 16.5. The third-order valence-corrected chi connectivity index (χ3v) is 3.68. The Labute approximate surface area is 120 Å². The fourth-order valence-electron chi connectivity index (χ4n) is 2.57. The zero-order chi connectivity index (χ0) is 14.4. The summed E-state index contributed by atoms with van der Waals surface area (Å²) in [7, 11) is 3.24. The molecule has 0 amide bonds. The summed E-state index contributed by atoms with van der Waals surface area (Å²) in [5.74, 6) is 7.71. The lowest BCUT2D eigenvalue weighted by atomic mass is 9.96. The Morgan fingerprint density at radius 1 is 1.15 bits per heavy atom. The second-order valence-electron chi connectivity index (χ2n) is 4.98. The lowest BCUT2D eigenvalue weighted by molar-refractivity contribution is 0.355. The van der Waals surface area contributed by atoms with Gasteiger partial charge in [0.2, 0.25) is 0 Å². The molecular formula is C15H23N3O2. The Morgan fingerprint density at radius 3 is 2.45 bits per heavy atom. The highest BCUT2D eigenvalue weighted by molar-refractivity contribution is 5.99. The van der Waals surface area contributed by atoms with Crippen molar-refractivity contribution in [2.45, 2.75) is 38.1 Å². The molecule has 0 heterocycles. The number of hydrazine groups is 1. The van der Waals surface area contributed by atoms with E-state index < -0.39 is 0 Å². The number of ether oxygens (including phenoxy) is 2. The summed E-state index contributed by atoms with van der Waals surface area (Å²) < 4.78 is 10.6. The van der Waals surface area contributed by atoms with Gasteiger partial charge in [0, 0.05) is 5.56 Å². The first kappa shape index (κ1) is 14.7. The van der Waals surface area contributed by atoms with Crippen LogP contribution < -0.4 is 20.7 Å². The van der Waals surface area contributed by atoms with Crippen molar-refractivity contribution >= 4 is 5.84 Å². The summed E-state index contributed by atoms with van der Waals surface area (Å²) in [5.41, 5.74) is 3.62. The van der Waals surface area contributed by atoms with E-state index in [0.717, 1.165) is 18.4 Å². The van der Waals surface area contributed by atoms with Crippen LogP contribution in [0.15, 0.2) is 23.2 Å². The SMILES string of the molecule is COc1ccc(C(=NC2CCCCC2)NN)cc1OC. The minimum atomic E-state index is 0.364. The summed E-state index contributed by atoms with van der Waals surface area (Å²) in [6, 6.07) is 6.05. The van der Waals surface area contributed by atoms with Crippen molar-refractivity contribution in [3.05, 3.63) is 23.8 Å². The lowest BCUT2D eigenvalue weighted by Crippen LogP contribution is -2.32. The molecule has 0 unspecified atom stereocenters. The monoisotopic (exact) mass is 277 g/mol. The second kappa shape index (κ2) is 7.14. The zero-order valence-electron chi connectivity index (χ0n) is 12.2. The van der Waals surface area contributed by atoms with Crippen molar-refractivity contribution in [2.24, 2.45) is 10.8 Å². The van der Waals surface area contributed by atoms with E-state index in [9.17, 15) is 0 Å². The second-order valence-corrected chi connectivity index (χ2v) is 4.98. The Hall–Kier alpha value is -1.75. The normalized spacial score (nSPS) is 16.9. The molecule has 110 valence electrons.